The van der Waals surface area contributed by atoms with E-state index in [9.17, 15) is 30.8 Å². The van der Waals surface area contributed by atoms with Gasteiger partial charge >= 0.3 is 0 Å². The molecule has 8 heteroatoms. The fourth-order valence-corrected chi connectivity index (χ4v) is 2.16. The monoisotopic (exact) mass is 358 g/mol. The van der Waals surface area contributed by atoms with Gasteiger partial charge in [0.1, 0.15) is 11.1 Å². The first-order valence-corrected chi connectivity index (χ1v) is 7.38. The van der Waals surface area contributed by atoms with Gasteiger partial charge in [0, 0.05) is 6.54 Å². The molecule has 0 fully saturated rings. The van der Waals surface area contributed by atoms with Crippen molar-refractivity contribution >= 4 is 23.3 Å². The van der Waals surface area contributed by atoms with Crippen molar-refractivity contribution in [3.8, 4) is 34.8 Å². The maximum Gasteiger partial charge on any atom is 0.200 e. The summed E-state index contributed by atoms with van der Waals surface area (Å²) in [6.45, 7) is 0.0973. The molecule has 0 aliphatic heterocycles. The second kappa shape index (κ2) is 7.42. The summed E-state index contributed by atoms with van der Waals surface area (Å²) in [5.41, 5.74) is 1.03. The molecule has 7 nitrogen and oxygen atoms in total. The van der Waals surface area contributed by atoms with Gasteiger partial charge in [0.15, 0.2) is 28.7 Å². The average molecular weight is 358 g/mol. The van der Waals surface area contributed by atoms with Crippen LogP contribution in [0.15, 0.2) is 35.9 Å². The molecule has 0 amide bonds. The summed E-state index contributed by atoms with van der Waals surface area (Å²) in [5.74, 6) is -2.16. The van der Waals surface area contributed by atoms with Crippen molar-refractivity contribution in [1.82, 2.24) is 5.32 Å². The van der Waals surface area contributed by atoms with E-state index in [0.29, 0.717) is 11.1 Å². The van der Waals surface area contributed by atoms with E-state index in [-0.39, 0.29) is 28.6 Å². The molecule has 0 aliphatic carbocycles. The smallest absolute Gasteiger partial charge is 0.200 e. The second-order valence-electron chi connectivity index (χ2n) is 5.08. The molecule has 2 rings (SSSR count). The number of nitriles is 1. The van der Waals surface area contributed by atoms with E-state index in [0.717, 1.165) is 0 Å². The molecule has 2 aromatic rings. The van der Waals surface area contributed by atoms with E-state index in [1.165, 1.54) is 36.4 Å². The van der Waals surface area contributed by atoms with E-state index in [2.05, 4.69) is 5.32 Å². The van der Waals surface area contributed by atoms with Gasteiger partial charge in [-0.15, -0.1) is 0 Å². The van der Waals surface area contributed by atoms with Gasteiger partial charge < -0.3 is 30.8 Å². The average Bonchev–Trinajstić information content (AvgIpc) is 2.58. The number of phenols is 5. The fraction of sp³-hybridized carbons (Fsp3) is 0.0588. The quantitative estimate of drug-likeness (QED) is 0.212. The zero-order valence-corrected chi connectivity index (χ0v) is 13.6. The van der Waals surface area contributed by atoms with E-state index >= 15 is 0 Å². The number of thiocarbonyl (C=S) groups is 1. The Labute approximate surface area is 148 Å². The molecule has 0 bridgehead atoms. The van der Waals surface area contributed by atoms with Gasteiger partial charge in [-0.3, -0.25) is 0 Å². The molecular formula is C17H14N2O5S. The van der Waals surface area contributed by atoms with Crippen molar-refractivity contribution in [2.75, 3.05) is 0 Å². The van der Waals surface area contributed by atoms with Crippen LogP contribution in [0.2, 0.25) is 0 Å². The Morgan fingerprint density at radius 3 is 2.20 bits per heavy atom. The lowest BCUT2D eigenvalue weighted by Gasteiger charge is -2.09. The summed E-state index contributed by atoms with van der Waals surface area (Å²) in [6, 6.07) is 8.50. The summed E-state index contributed by atoms with van der Waals surface area (Å²) in [7, 11) is 0. The number of hydrogen-bond acceptors (Lipinski definition) is 7. The first-order valence-electron chi connectivity index (χ1n) is 6.97. The van der Waals surface area contributed by atoms with Crippen LogP contribution in [0.5, 0.6) is 28.7 Å². The molecule has 0 unspecified atom stereocenters. The molecule has 0 saturated carbocycles. The van der Waals surface area contributed by atoms with Crippen molar-refractivity contribution < 1.29 is 25.5 Å². The molecule has 0 spiro atoms. The topological polar surface area (TPSA) is 137 Å². The highest BCUT2D eigenvalue weighted by atomic mass is 32.1. The Bertz CT molecular complexity index is 879. The van der Waals surface area contributed by atoms with Crippen LogP contribution in [0.3, 0.4) is 0 Å². The molecule has 0 saturated heterocycles. The SMILES string of the molecule is N#CC(=Cc1ccc(O)c(O)c1)C(=S)NCc1cc(O)c(O)c(O)c1. The number of benzene rings is 2. The Balaban J connectivity index is 2.14. The van der Waals surface area contributed by atoms with Gasteiger partial charge in [-0.25, -0.2) is 0 Å². The standard InChI is InChI=1S/C17H14N2O5S/c18-7-11(3-9-1-2-12(20)13(21)4-9)17(25)19-8-10-5-14(22)16(24)15(23)6-10/h1-6,20-24H,8H2,(H,19,25). The van der Waals surface area contributed by atoms with Crippen molar-refractivity contribution in [2.24, 2.45) is 0 Å². The Kier molecular flexibility index (Phi) is 5.31. The largest absolute Gasteiger partial charge is 0.504 e. The normalized spacial score (nSPS) is 10.9. The predicted molar refractivity (Wildman–Crippen MR) is 94.2 cm³/mol. The number of nitrogens with zero attached hydrogens (tertiary/aromatic N) is 1. The Hall–Kier alpha value is -3.44. The van der Waals surface area contributed by atoms with E-state index < -0.39 is 17.2 Å². The summed E-state index contributed by atoms with van der Waals surface area (Å²) >= 11 is 5.13. The third-order valence-corrected chi connectivity index (χ3v) is 3.62. The van der Waals surface area contributed by atoms with Crippen molar-refractivity contribution in [2.45, 2.75) is 6.54 Å². The number of hydrogen-bond donors (Lipinski definition) is 6. The lowest BCUT2D eigenvalue weighted by atomic mass is 10.1. The van der Waals surface area contributed by atoms with Crippen molar-refractivity contribution in [3.63, 3.8) is 0 Å². The lowest BCUT2D eigenvalue weighted by molar-refractivity contribution is 0.367. The number of aromatic hydroxyl groups is 5. The minimum absolute atomic E-state index is 0.0973. The van der Waals surface area contributed by atoms with E-state index in [1.807, 2.05) is 6.07 Å². The van der Waals surface area contributed by atoms with Crippen molar-refractivity contribution in [3.05, 3.63) is 47.0 Å². The number of rotatable bonds is 4. The first kappa shape index (κ1) is 17.9. The minimum Gasteiger partial charge on any atom is -0.504 e. The minimum atomic E-state index is -0.615. The van der Waals surface area contributed by atoms with Crippen LogP contribution < -0.4 is 5.32 Å². The predicted octanol–water partition coefficient (Wildman–Crippen LogP) is 2.24. The fourth-order valence-electron chi connectivity index (χ4n) is 1.99. The molecule has 128 valence electrons. The highest BCUT2D eigenvalue weighted by Gasteiger charge is 2.10. The highest BCUT2D eigenvalue weighted by Crippen LogP contribution is 2.35. The molecule has 6 N–H and O–H groups in total. The van der Waals surface area contributed by atoms with Crippen LogP contribution in [0.25, 0.3) is 6.08 Å². The molecule has 0 aliphatic rings. The van der Waals surface area contributed by atoms with Gasteiger partial charge in [-0.05, 0) is 41.5 Å². The summed E-state index contributed by atoms with van der Waals surface area (Å²) in [5, 5.41) is 59.0. The molecule has 0 aromatic heterocycles. The Morgan fingerprint density at radius 2 is 1.64 bits per heavy atom. The van der Waals surface area contributed by atoms with Crippen LogP contribution in [-0.2, 0) is 6.54 Å². The molecule has 0 atom stereocenters. The van der Waals surface area contributed by atoms with Crippen molar-refractivity contribution in [1.29, 1.82) is 5.26 Å². The second-order valence-corrected chi connectivity index (χ2v) is 5.49. The van der Waals surface area contributed by atoms with Crippen LogP contribution >= 0.6 is 12.2 Å². The zero-order valence-electron chi connectivity index (χ0n) is 12.8. The third kappa shape index (κ3) is 4.31. The molecule has 2 aromatic carbocycles. The molecular weight excluding hydrogens is 344 g/mol. The zero-order chi connectivity index (χ0) is 18.6. The molecule has 25 heavy (non-hydrogen) atoms. The number of phenolic OH excluding ortho intramolecular Hbond substituents is 5. The summed E-state index contributed by atoms with van der Waals surface area (Å²) in [4.78, 5) is 0.113. The molecule has 0 radical (unpaired) electrons. The van der Waals surface area contributed by atoms with Crippen LogP contribution in [0.4, 0.5) is 0 Å². The summed E-state index contributed by atoms with van der Waals surface area (Å²) in [6.07, 6.45) is 1.43. The van der Waals surface area contributed by atoms with Gasteiger partial charge in [0.05, 0.1) is 5.57 Å². The highest BCUT2D eigenvalue weighted by molar-refractivity contribution is 7.80. The lowest BCUT2D eigenvalue weighted by Crippen LogP contribution is -2.22. The third-order valence-electron chi connectivity index (χ3n) is 3.26. The van der Waals surface area contributed by atoms with Gasteiger partial charge in [-0.2, -0.15) is 5.26 Å². The van der Waals surface area contributed by atoms with Crippen LogP contribution in [0, 0.1) is 11.3 Å². The van der Waals surface area contributed by atoms with Gasteiger partial charge in [-0.1, -0.05) is 18.3 Å². The van der Waals surface area contributed by atoms with Gasteiger partial charge in [0.2, 0.25) is 0 Å². The van der Waals surface area contributed by atoms with E-state index in [4.69, 9.17) is 12.2 Å². The van der Waals surface area contributed by atoms with Crippen LogP contribution in [0.1, 0.15) is 11.1 Å². The van der Waals surface area contributed by atoms with Crippen LogP contribution in [-0.4, -0.2) is 30.5 Å². The van der Waals surface area contributed by atoms with Gasteiger partial charge in [0.25, 0.3) is 0 Å². The maximum atomic E-state index is 9.47. The molecule has 0 heterocycles. The number of nitrogens with one attached hydrogen (secondary N) is 1. The summed E-state index contributed by atoms with van der Waals surface area (Å²) < 4.78 is 0. The first-order chi connectivity index (χ1) is 11.8. The van der Waals surface area contributed by atoms with E-state index in [1.54, 1.807) is 0 Å². The maximum absolute atomic E-state index is 9.47. The Morgan fingerprint density at radius 1 is 1.00 bits per heavy atom.